The fraction of sp³-hybridized carbons (Fsp3) is 0.0400. The molecule has 0 unspecified atom stereocenters. The quantitative estimate of drug-likeness (QED) is 0.329. The highest BCUT2D eigenvalue weighted by molar-refractivity contribution is 6.33. The van der Waals surface area contributed by atoms with E-state index in [2.05, 4.69) is 10.2 Å². The van der Waals surface area contributed by atoms with Gasteiger partial charge in [-0.25, -0.2) is 4.79 Å². The number of benzene rings is 3. The molecule has 9 heteroatoms. The first-order valence-corrected chi connectivity index (χ1v) is 11.0. The highest BCUT2D eigenvalue weighted by atomic mass is 35.5. The molecule has 1 atom stereocenters. The molecule has 3 aromatic carbocycles. The van der Waals surface area contributed by atoms with E-state index in [4.69, 9.17) is 38.8 Å². The topological polar surface area (TPSA) is 95.4 Å². The van der Waals surface area contributed by atoms with E-state index in [1.165, 1.54) is 0 Å². The van der Waals surface area contributed by atoms with E-state index in [1.54, 1.807) is 22.7 Å². The molecule has 2 N–H and O–H groups in total. The number of aromatic nitrogens is 4. The molecule has 1 amide bonds. The van der Waals surface area contributed by atoms with Crippen molar-refractivity contribution in [3.8, 4) is 22.4 Å². The van der Waals surface area contributed by atoms with Gasteiger partial charge in [-0.2, -0.15) is 9.61 Å². The number of rotatable bonds is 5. The summed E-state index contributed by atoms with van der Waals surface area (Å²) >= 11 is 12.6. The number of carbonyl (C=O) groups excluding carboxylic acids is 1. The lowest BCUT2D eigenvalue weighted by Gasteiger charge is -2.16. The first-order valence-electron chi connectivity index (χ1n) is 10.3. The van der Waals surface area contributed by atoms with Crippen molar-refractivity contribution in [2.45, 2.75) is 6.10 Å². The van der Waals surface area contributed by atoms with E-state index in [9.17, 15) is 4.79 Å². The molecule has 0 aliphatic rings. The van der Waals surface area contributed by atoms with Crippen LogP contribution in [0.1, 0.15) is 17.5 Å². The lowest BCUT2D eigenvalue weighted by Crippen LogP contribution is -2.20. The summed E-state index contributed by atoms with van der Waals surface area (Å²) in [5, 5.41) is 14.6. The average Bonchev–Trinajstić information content (AvgIpc) is 3.26. The third kappa shape index (κ3) is 4.19. The summed E-state index contributed by atoms with van der Waals surface area (Å²) in [5.41, 5.74) is 9.51. The van der Waals surface area contributed by atoms with Crippen molar-refractivity contribution in [2.24, 2.45) is 5.73 Å². The van der Waals surface area contributed by atoms with Crippen LogP contribution in [0, 0.1) is 0 Å². The van der Waals surface area contributed by atoms with Crippen molar-refractivity contribution < 1.29 is 9.53 Å². The SMILES string of the molecule is NC(=O)O[C@@H](c1ccccc1)c1nnc2cc(-c3ccc(Cl)cc3)c(-c3ccccc3Cl)nn12. The molecule has 0 aliphatic carbocycles. The molecule has 2 heterocycles. The minimum atomic E-state index is -0.935. The van der Waals surface area contributed by atoms with Crippen LogP contribution in [0.4, 0.5) is 4.79 Å². The van der Waals surface area contributed by atoms with Crippen LogP contribution < -0.4 is 5.73 Å². The van der Waals surface area contributed by atoms with Gasteiger partial charge in [0.2, 0.25) is 0 Å². The maximum absolute atomic E-state index is 11.7. The van der Waals surface area contributed by atoms with Crippen molar-refractivity contribution in [1.29, 1.82) is 0 Å². The van der Waals surface area contributed by atoms with Crippen LogP contribution in [0.25, 0.3) is 28.0 Å². The molecule has 2 aromatic heterocycles. The largest absolute Gasteiger partial charge is 0.433 e. The Morgan fingerprint density at radius 2 is 1.59 bits per heavy atom. The van der Waals surface area contributed by atoms with Crippen molar-refractivity contribution in [1.82, 2.24) is 19.8 Å². The molecule has 5 rings (SSSR count). The molecule has 168 valence electrons. The fourth-order valence-corrected chi connectivity index (χ4v) is 4.08. The van der Waals surface area contributed by atoms with Gasteiger partial charge in [0.15, 0.2) is 17.6 Å². The standard InChI is InChI=1S/C25H17Cl2N5O2/c26-17-12-10-15(11-13-17)19-14-21-29-30-24(23(34-25(28)33)16-6-2-1-3-7-16)32(21)31-22(19)18-8-4-5-9-20(18)27/h1-14,23H,(H2,28,33)/t23-/m0/s1. The summed E-state index contributed by atoms with van der Waals surface area (Å²) in [7, 11) is 0. The molecule has 5 aromatic rings. The zero-order valence-electron chi connectivity index (χ0n) is 17.6. The summed E-state index contributed by atoms with van der Waals surface area (Å²) in [4.78, 5) is 11.7. The zero-order valence-corrected chi connectivity index (χ0v) is 19.1. The number of fused-ring (bicyclic) bond motifs is 1. The Morgan fingerprint density at radius 1 is 0.882 bits per heavy atom. The van der Waals surface area contributed by atoms with Crippen molar-refractivity contribution in [3.05, 3.63) is 106 Å². The van der Waals surface area contributed by atoms with Gasteiger partial charge in [0, 0.05) is 21.7 Å². The molecular weight excluding hydrogens is 473 g/mol. The maximum atomic E-state index is 11.7. The highest BCUT2D eigenvalue weighted by Gasteiger charge is 2.26. The van der Waals surface area contributed by atoms with Crippen molar-refractivity contribution in [3.63, 3.8) is 0 Å². The number of nitrogens with two attached hydrogens (primary N) is 1. The third-order valence-electron chi connectivity index (χ3n) is 5.27. The monoisotopic (exact) mass is 489 g/mol. The van der Waals surface area contributed by atoms with Gasteiger partial charge >= 0.3 is 6.09 Å². The van der Waals surface area contributed by atoms with Gasteiger partial charge in [0.1, 0.15) is 5.69 Å². The lowest BCUT2D eigenvalue weighted by molar-refractivity contribution is 0.121. The van der Waals surface area contributed by atoms with E-state index >= 15 is 0 Å². The fourth-order valence-electron chi connectivity index (χ4n) is 3.73. The smallest absolute Gasteiger partial charge is 0.405 e. The van der Waals surface area contributed by atoms with Gasteiger partial charge in [-0.1, -0.05) is 83.9 Å². The van der Waals surface area contributed by atoms with Crippen molar-refractivity contribution in [2.75, 3.05) is 0 Å². The van der Waals surface area contributed by atoms with Gasteiger partial charge < -0.3 is 10.5 Å². The molecule has 7 nitrogen and oxygen atoms in total. The predicted octanol–water partition coefficient (Wildman–Crippen LogP) is 5.95. The van der Waals surface area contributed by atoms with Crippen LogP contribution in [-0.4, -0.2) is 25.9 Å². The number of halogens is 2. The lowest BCUT2D eigenvalue weighted by atomic mass is 10.00. The molecule has 0 saturated heterocycles. The second-order valence-corrected chi connectivity index (χ2v) is 8.29. The summed E-state index contributed by atoms with van der Waals surface area (Å²) < 4.78 is 6.96. The Labute approximate surface area is 204 Å². The Balaban J connectivity index is 1.76. The van der Waals surface area contributed by atoms with Gasteiger partial charge in [0.25, 0.3) is 0 Å². The number of hydrogen-bond acceptors (Lipinski definition) is 5. The number of primary amides is 1. The summed E-state index contributed by atoms with van der Waals surface area (Å²) in [6, 6.07) is 25.8. The predicted molar refractivity (Wildman–Crippen MR) is 131 cm³/mol. The van der Waals surface area contributed by atoms with E-state index < -0.39 is 12.2 Å². The second-order valence-electron chi connectivity index (χ2n) is 7.45. The number of hydrogen-bond donors (Lipinski definition) is 1. The van der Waals surface area contributed by atoms with Gasteiger partial charge in [0.05, 0.1) is 5.02 Å². The molecule has 0 bridgehead atoms. The van der Waals surface area contributed by atoms with E-state index in [-0.39, 0.29) is 0 Å². The first kappa shape index (κ1) is 21.9. The van der Waals surface area contributed by atoms with Crippen LogP contribution in [0.2, 0.25) is 10.0 Å². The van der Waals surface area contributed by atoms with E-state index in [0.717, 1.165) is 16.7 Å². The third-order valence-corrected chi connectivity index (χ3v) is 5.85. The number of nitrogens with zero attached hydrogens (tertiary/aromatic N) is 4. The van der Waals surface area contributed by atoms with Gasteiger partial charge in [-0.05, 0) is 29.8 Å². The minimum absolute atomic E-state index is 0.302. The van der Waals surface area contributed by atoms with Crippen LogP contribution in [0.15, 0.2) is 84.9 Å². The Kier molecular flexibility index (Phi) is 5.88. The molecule has 0 radical (unpaired) electrons. The van der Waals surface area contributed by atoms with E-state index in [0.29, 0.717) is 32.8 Å². The highest BCUT2D eigenvalue weighted by Crippen LogP contribution is 2.36. The van der Waals surface area contributed by atoms with Gasteiger partial charge in [-0.15, -0.1) is 10.2 Å². The zero-order chi connectivity index (χ0) is 23.7. The number of amides is 1. The Bertz CT molecular complexity index is 1490. The van der Waals surface area contributed by atoms with Crippen LogP contribution in [-0.2, 0) is 4.74 Å². The molecular formula is C25H17Cl2N5O2. The van der Waals surface area contributed by atoms with Crippen LogP contribution >= 0.6 is 23.2 Å². The Morgan fingerprint density at radius 3 is 2.29 bits per heavy atom. The van der Waals surface area contributed by atoms with E-state index in [1.807, 2.05) is 66.7 Å². The molecule has 0 saturated carbocycles. The summed E-state index contributed by atoms with van der Waals surface area (Å²) in [6.45, 7) is 0. The second kappa shape index (κ2) is 9.13. The maximum Gasteiger partial charge on any atom is 0.405 e. The average molecular weight is 490 g/mol. The first-order chi connectivity index (χ1) is 16.5. The normalized spacial score (nSPS) is 11.9. The Hall–Kier alpha value is -3.94. The van der Waals surface area contributed by atoms with Crippen molar-refractivity contribution >= 4 is 34.9 Å². The molecule has 0 aliphatic heterocycles. The van der Waals surface area contributed by atoms with Gasteiger partial charge in [-0.3, -0.25) is 0 Å². The number of carbonyl (C=O) groups is 1. The van der Waals surface area contributed by atoms with Crippen LogP contribution in [0.5, 0.6) is 0 Å². The molecule has 0 fully saturated rings. The molecule has 0 spiro atoms. The minimum Gasteiger partial charge on any atom is -0.433 e. The summed E-state index contributed by atoms with van der Waals surface area (Å²) in [5.74, 6) is 0.302. The van der Waals surface area contributed by atoms with Crippen LogP contribution in [0.3, 0.4) is 0 Å². The number of ether oxygens (including phenoxy) is 1. The summed E-state index contributed by atoms with van der Waals surface area (Å²) in [6.07, 6.45) is -1.84. The molecule has 34 heavy (non-hydrogen) atoms.